The van der Waals surface area contributed by atoms with E-state index < -0.39 is 0 Å². The van der Waals surface area contributed by atoms with Gasteiger partial charge >= 0.3 is 0 Å². The summed E-state index contributed by atoms with van der Waals surface area (Å²) >= 11 is 0. The Labute approximate surface area is 80.2 Å². The van der Waals surface area contributed by atoms with Gasteiger partial charge in [0, 0.05) is 20.0 Å². The molecule has 0 spiro atoms. The summed E-state index contributed by atoms with van der Waals surface area (Å²) in [5, 5.41) is 3.57. The molecule has 2 rings (SSSR count). The Morgan fingerprint density at radius 1 is 1.38 bits per heavy atom. The summed E-state index contributed by atoms with van der Waals surface area (Å²) in [6, 6.07) is 0. The van der Waals surface area contributed by atoms with Crippen LogP contribution in [0.4, 0.5) is 0 Å². The molecule has 0 aliphatic carbocycles. The van der Waals surface area contributed by atoms with Crippen molar-refractivity contribution in [3.8, 4) is 0 Å². The van der Waals surface area contributed by atoms with Crippen molar-refractivity contribution >= 4 is 5.84 Å². The van der Waals surface area contributed by atoms with Gasteiger partial charge in [-0.15, -0.1) is 0 Å². The Hall–Kier alpha value is -0.570. The second kappa shape index (κ2) is 4.09. The molecule has 1 N–H and O–H groups in total. The molecule has 2 aliphatic heterocycles. The van der Waals surface area contributed by atoms with Gasteiger partial charge in [0.15, 0.2) is 0 Å². The molecule has 74 valence electrons. The maximum atomic E-state index is 4.39. The van der Waals surface area contributed by atoms with Crippen molar-refractivity contribution in [3.05, 3.63) is 0 Å². The third-order valence-electron chi connectivity index (χ3n) is 3.05. The maximum absolute atomic E-state index is 4.39. The third-order valence-corrected chi connectivity index (χ3v) is 3.05. The molecule has 0 aromatic rings. The predicted molar refractivity (Wildman–Crippen MR) is 54.9 cm³/mol. The van der Waals surface area contributed by atoms with Gasteiger partial charge < -0.3 is 4.90 Å². The zero-order valence-corrected chi connectivity index (χ0v) is 8.42. The molecule has 0 bridgehead atoms. The van der Waals surface area contributed by atoms with E-state index >= 15 is 0 Å². The van der Waals surface area contributed by atoms with Crippen molar-refractivity contribution in [3.63, 3.8) is 0 Å². The number of hydrogen-bond acceptors (Lipinski definition) is 2. The van der Waals surface area contributed by atoms with Crippen LogP contribution >= 0.6 is 0 Å². The molecule has 0 aromatic heterocycles. The Bertz CT molecular complexity index is 200. The van der Waals surface area contributed by atoms with Gasteiger partial charge in [-0.05, 0) is 32.2 Å². The largest absolute Gasteiger partial charge is 0.345 e. The summed E-state index contributed by atoms with van der Waals surface area (Å²) in [4.78, 5) is 6.86. The lowest BCUT2D eigenvalue weighted by molar-refractivity contribution is 0.210. The van der Waals surface area contributed by atoms with Crippen LogP contribution in [-0.4, -0.2) is 37.0 Å². The van der Waals surface area contributed by atoms with Crippen LogP contribution in [0.1, 0.15) is 32.1 Å². The predicted octanol–water partition coefficient (Wildman–Crippen LogP) is 1.21. The van der Waals surface area contributed by atoms with Gasteiger partial charge in [0.25, 0.3) is 0 Å². The molecule has 0 aromatic carbocycles. The molecule has 13 heavy (non-hydrogen) atoms. The lowest BCUT2D eigenvalue weighted by Gasteiger charge is -2.37. The summed E-state index contributed by atoms with van der Waals surface area (Å²) < 4.78 is 0. The Kier molecular flexibility index (Phi) is 2.83. The smallest absolute Gasteiger partial charge is 0.0997 e. The molecular formula is C10H19N3. The minimum atomic E-state index is 0.579. The molecule has 3 heteroatoms. The van der Waals surface area contributed by atoms with E-state index in [0.717, 1.165) is 0 Å². The molecular weight excluding hydrogens is 162 g/mol. The van der Waals surface area contributed by atoms with E-state index in [1.165, 1.54) is 51.0 Å². The van der Waals surface area contributed by atoms with E-state index in [1.807, 2.05) is 7.05 Å². The Balaban J connectivity index is 2.11. The number of fused-ring (bicyclic) bond motifs is 1. The first-order valence-corrected chi connectivity index (χ1v) is 5.37. The van der Waals surface area contributed by atoms with Crippen LogP contribution in [0.3, 0.4) is 0 Å². The zero-order valence-electron chi connectivity index (χ0n) is 8.42. The highest BCUT2D eigenvalue weighted by molar-refractivity contribution is 5.82. The highest BCUT2D eigenvalue weighted by Crippen LogP contribution is 2.19. The summed E-state index contributed by atoms with van der Waals surface area (Å²) in [6.45, 7) is 2.38. The van der Waals surface area contributed by atoms with Gasteiger partial charge in [0.2, 0.25) is 0 Å². The van der Waals surface area contributed by atoms with E-state index in [0.29, 0.717) is 6.17 Å². The van der Waals surface area contributed by atoms with Crippen molar-refractivity contribution in [2.45, 2.75) is 38.3 Å². The number of rotatable bonds is 0. The van der Waals surface area contributed by atoms with E-state index in [9.17, 15) is 0 Å². The molecule has 2 aliphatic rings. The average Bonchev–Trinajstić information content (AvgIpc) is 2.39. The number of aliphatic imine (C=N–C) groups is 1. The molecule has 3 nitrogen and oxygen atoms in total. The SMILES string of the molecule is CN=C1CCCCC2NCCCN12. The Morgan fingerprint density at radius 2 is 2.31 bits per heavy atom. The summed E-state index contributed by atoms with van der Waals surface area (Å²) in [7, 11) is 1.92. The molecule has 1 atom stereocenters. The van der Waals surface area contributed by atoms with Crippen LogP contribution in [0.5, 0.6) is 0 Å². The van der Waals surface area contributed by atoms with E-state index in [-0.39, 0.29) is 0 Å². The van der Waals surface area contributed by atoms with E-state index in [1.54, 1.807) is 0 Å². The zero-order chi connectivity index (χ0) is 9.10. The summed E-state index contributed by atoms with van der Waals surface area (Å²) in [5.41, 5.74) is 0. The van der Waals surface area contributed by atoms with Crippen molar-refractivity contribution < 1.29 is 0 Å². The molecule has 2 fully saturated rings. The van der Waals surface area contributed by atoms with E-state index in [4.69, 9.17) is 0 Å². The van der Waals surface area contributed by atoms with Crippen LogP contribution < -0.4 is 5.32 Å². The molecule has 0 amide bonds. The first-order chi connectivity index (χ1) is 6.42. The topological polar surface area (TPSA) is 27.6 Å². The van der Waals surface area contributed by atoms with Crippen LogP contribution in [0.25, 0.3) is 0 Å². The number of hydrogen-bond donors (Lipinski definition) is 1. The summed E-state index contributed by atoms with van der Waals surface area (Å²) in [6.07, 6.45) is 6.95. The molecule has 0 radical (unpaired) electrons. The van der Waals surface area contributed by atoms with Crippen LogP contribution in [-0.2, 0) is 0 Å². The highest BCUT2D eigenvalue weighted by Gasteiger charge is 2.25. The van der Waals surface area contributed by atoms with Crippen molar-refractivity contribution in [2.75, 3.05) is 20.1 Å². The summed E-state index contributed by atoms with van der Waals surface area (Å²) in [5.74, 6) is 1.31. The van der Waals surface area contributed by atoms with Gasteiger partial charge in [-0.3, -0.25) is 10.3 Å². The van der Waals surface area contributed by atoms with Crippen LogP contribution in [0, 0.1) is 0 Å². The van der Waals surface area contributed by atoms with Gasteiger partial charge in [-0.2, -0.15) is 0 Å². The average molecular weight is 181 g/mol. The standard InChI is InChI=1S/C10H19N3/c1-11-9-5-2-3-6-10-12-7-4-8-13(9)10/h10,12H,2-8H2,1H3. The number of nitrogens with one attached hydrogen (secondary N) is 1. The van der Waals surface area contributed by atoms with Crippen molar-refractivity contribution in [1.82, 2.24) is 10.2 Å². The minimum Gasteiger partial charge on any atom is -0.345 e. The minimum absolute atomic E-state index is 0.579. The monoisotopic (exact) mass is 181 g/mol. The highest BCUT2D eigenvalue weighted by atomic mass is 15.3. The van der Waals surface area contributed by atoms with Crippen LogP contribution in [0.2, 0.25) is 0 Å². The lowest BCUT2D eigenvalue weighted by Crippen LogP contribution is -2.52. The van der Waals surface area contributed by atoms with Gasteiger partial charge in [0.1, 0.15) is 0 Å². The Morgan fingerprint density at radius 3 is 3.15 bits per heavy atom. The quantitative estimate of drug-likeness (QED) is 0.608. The molecule has 2 saturated heterocycles. The molecule has 1 unspecified atom stereocenters. The molecule has 2 heterocycles. The third kappa shape index (κ3) is 1.85. The van der Waals surface area contributed by atoms with E-state index in [2.05, 4.69) is 15.2 Å². The second-order valence-electron chi connectivity index (χ2n) is 3.90. The van der Waals surface area contributed by atoms with Crippen molar-refractivity contribution in [1.29, 1.82) is 0 Å². The second-order valence-corrected chi connectivity index (χ2v) is 3.90. The first kappa shape index (κ1) is 9.00. The first-order valence-electron chi connectivity index (χ1n) is 5.37. The fourth-order valence-corrected chi connectivity index (χ4v) is 2.36. The molecule has 0 saturated carbocycles. The van der Waals surface area contributed by atoms with Gasteiger partial charge in [0.05, 0.1) is 12.0 Å². The van der Waals surface area contributed by atoms with Gasteiger partial charge in [-0.1, -0.05) is 0 Å². The fraction of sp³-hybridized carbons (Fsp3) is 0.900. The normalized spacial score (nSPS) is 32.8. The maximum Gasteiger partial charge on any atom is 0.0997 e. The number of nitrogens with zero attached hydrogens (tertiary/aromatic N) is 2. The van der Waals surface area contributed by atoms with Gasteiger partial charge in [-0.25, -0.2) is 0 Å². The fourth-order valence-electron chi connectivity index (χ4n) is 2.36. The lowest BCUT2D eigenvalue weighted by atomic mass is 10.2. The number of amidine groups is 1. The van der Waals surface area contributed by atoms with Crippen LogP contribution in [0.15, 0.2) is 4.99 Å². The van der Waals surface area contributed by atoms with Crippen molar-refractivity contribution in [2.24, 2.45) is 4.99 Å².